The van der Waals surface area contributed by atoms with Gasteiger partial charge in [0.2, 0.25) is 11.8 Å². The summed E-state index contributed by atoms with van der Waals surface area (Å²) in [6.45, 7) is 0.00743. The van der Waals surface area contributed by atoms with Crippen LogP contribution in [0.5, 0.6) is 5.75 Å². The summed E-state index contributed by atoms with van der Waals surface area (Å²) in [6, 6.07) is 20.1. The Kier molecular flexibility index (Phi) is 7.16. The average molecular weight is 497 g/mol. The van der Waals surface area contributed by atoms with Crippen LogP contribution < -0.4 is 15.0 Å². The zero-order valence-electron chi connectivity index (χ0n) is 19.1. The van der Waals surface area contributed by atoms with Crippen molar-refractivity contribution in [3.63, 3.8) is 0 Å². The zero-order chi connectivity index (χ0) is 25.0. The van der Waals surface area contributed by atoms with E-state index < -0.39 is 32.7 Å². The number of rotatable bonds is 8. The van der Waals surface area contributed by atoms with Gasteiger partial charge in [-0.1, -0.05) is 30.3 Å². The number of anilines is 1. The Morgan fingerprint density at radius 1 is 1.06 bits per heavy atom. The van der Waals surface area contributed by atoms with E-state index >= 15 is 0 Å². The Morgan fingerprint density at radius 2 is 1.71 bits per heavy atom. The van der Waals surface area contributed by atoms with Crippen LogP contribution in [0.15, 0.2) is 83.8 Å². The first kappa shape index (κ1) is 24.4. The lowest BCUT2D eigenvalue weighted by Crippen LogP contribution is -2.37. The Hall–Kier alpha value is -3.72. The van der Waals surface area contributed by atoms with E-state index in [0.717, 1.165) is 12.1 Å². The molecule has 2 atom stereocenters. The molecule has 0 saturated carbocycles. The molecule has 0 radical (unpaired) electrons. The van der Waals surface area contributed by atoms with E-state index in [1.54, 1.807) is 61.7 Å². The van der Waals surface area contributed by atoms with E-state index in [1.807, 2.05) is 0 Å². The third-order valence-corrected chi connectivity index (χ3v) is 8.15. The van der Waals surface area contributed by atoms with Crippen LogP contribution >= 0.6 is 0 Å². The monoisotopic (exact) mass is 496 g/mol. The normalized spacial score (nSPS) is 16.7. The van der Waals surface area contributed by atoms with E-state index in [2.05, 4.69) is 5.32 Å². The van der Waals surface area contributed by atoms with Crippen LogP contribution in [0.25, 0.3) is 0 Å². The van der Waals surface area contributed by atoms with Crippen molar-refractivity contribution < 1.29 is 27.1 Å². The van der Waals surface area contributed by atoms with Crippen molar-refractivity contribution in [3.8, 4) is 5.75 Å². The van der Waals surface area contributed by atoms with E-state index in [9.17, 15) is 22.4 Å². The van der Waals surface area contributed by atoms with Crippen molar-refractivity contribution in [3.05, 3.63) is 90.2 Å². The number of nitrogens with zero attached hydrogens (tertiary/aromatic N) is 1. The highest BCUT2D eigenvalue weighted by Crippen LogP contribution is 2.30. The molecule has 1 heterocycles. The number of hydrogen-bond donors (Lipinski definition) is 1. The van der Waals surface area contributed by atoms with Gasteiger partial charge in [0.15, 0.2) is 9.84 Å². The lowest BCUT2D eigenvalue weighted by molar-refractivity contribution is -0.126. The van der Waals surface area contributed by atoms with Crippen LogP contribution in [-0.2, 0) is 19.4 Å². The van der Waals surface area contributed by atoms with Gasteiger partial charge >= 0.3 is 0 Å². The van der Waals surface area contributed by atoms with E-state index in [4.69, 9.17) is 4.74 Å². The molecule has 0 aliphatic carbocycles. The maximum absolute atomic E-state index is 13.4. The van der Waals surface area contributed by atoms with Gasteiger partial charge in [-0.25, -0.2) is 12.8 Å². The minimum Gasteiger partial charge on any atom is -0.497 e. The van der Waals surface area contributed by atoms with Gasteiger partial charge < -0.3 is 15.0 Å². The van der Waals surface area contributed by atoms with Crippen molar-refractivity contribution in [2.75, 3.05) is 25.1 Å². The topological polar surface area (TPSA) is 92.8 Å². The summed E-state index contributed by atoms with van der Waals surface area (Å²) >= 11 is 0. The van der Waals surface area contributed by atoms with E-state index in [1.165, 1.54) is 17.0 Å². The number of halogens is 1. The summed E-state index contributed by atoms with van der Waals surface area (Å²) in [7, 11) is -2.38. The van der Waals surface area contributed by atoms with Crippen LogP contribution in [0.1, 0.15) is 17.2 Å². The van der Waals surface area contributed by atoms with Gasteiger partial charge in [-0.15, -0.1) is 0 Å². The Balaban J connectivity index is 1.49. The number of ether oxygens (including phenoxy) is 1. The highest BCUT2D eigenvalue weighted by Gasteiger charge is 2.36. The second-order valence-corrected chi connectivity index (χ2v) is 10.4. The first-order valence-corrected chi connectivity index (χ1v) is 12.6. The molecular formula is C26H25FN2O5S. The van der Waals surface area contributed by atoms with Crippen LogP contribution in [0.4, 0.5) is 10.1 Å². The first-order valence-electron chi connectivity index (χ1n) is 11.1. The Labute approximate surface area is 203 Å². The molecule has 0 spiro atoms. The number of hydrogen-bond acceptors (Lipinski definition) is 5. The van der Waals surface area contributed by atoms with Gasteiger partial charge in [0.25, 0.3) is 0 Å². The maximum Gasteiger partial charge on any atom is 0.227 e. The number of amides is 2. The SMILES string of the molecule is COc1ccc(N2CC(C(=O)NCC(c3ccccc3)S(=O)(=O)c3ccc(F)cc3)CC2=O)cc1. The van der Waals surface area contributed by atoms with Crippen molar-refractivity contribution in [1.29, 1.82) is 0 Å². The summed E-state index contributed by atoms with van der Waals surface area (Å²) in [5.74, 6) is -1.09. The van der Waals surface area contributed by atoms with Crippen molar-refractivity contribution >= 4 is 27.3 Å². The largest absolute Gasteiger partial charge is 0.497 e. The minimum atomic E-state index is -3.93. The van der Waals surface area contributed by atoms with Gasteiger partial charge in [0.05, 0.1) is 17.9 Å². The van der Waals surface area contributed by atoms with Gasteiger partial charge in [0.1, 0.15) is 16.8 Å². The molecule has 35 heavy (non-hydrogen) atoms. The lowest BCUT2D eigenvalue weighted by Gasteiger charge is -2.20. The molecule has 1 N–H and O–H groups in total. The van der Waals surface area contributed by atoms with E-state index in [0.29, 0.717) is 17.0 Å². The molecule has 9 heteroatoms. The van der Waals surface area contributed by atoms with Gasteiger partial charge in [-0.05, 0) is 54.1 Å². The molecule has 2 amide bonds. The Bertz CT molecular complexity index is 1300. The fourth-order valence-electron chi connectivity index (χ4n) is 4.10. The lowest BCUT2D eigenvalue weighted by atomic mass is 10.1. The van der Waals surface area contributed by atoms with Crippen LogP contribution in [0, 0.1) is 11.7 Å². The standard InChI is InChI=1S/C26H25FN2O5S/c1-34-22-11-9-21(10-12-22)29-17-19(15-25(29)30)26(31)28-16-24(18-5-3-2-4-6-18)35(32,33)23-13-7-20(27)8-14-23/h2-14,19,24H,15-17H2,1H3,(H,28,31). The van der Waals surface area contributed by atoms with Gasteiger partial charge in [-0.3, -0.25) is 9.59 Å². The number of methoxy groups -OCH3 is 1. The number of carbonyl (C=O) groups excluding carboxylic acids is 2. The fourth-order valence-corrected chi connectivity index (χ4v) is 5.76. The molecule has 3 aromatic carbocycles. The van der Waals surface area contributed by atoms with Crippen LogP contribution in [-0.4, -0.2) is 40.4 Å². The summed E-state index contributed by atoms with van der Waals surface area (Å²) in [5.41, 5.74) is 1.16. The van der Waals surface area contributed by atoms with Gasteiger partial charge in [0, 0.05) is 25.2 Å². The molecule has 1 fully saturated rings. The van der Waals surface area contributed by atoms with Crippen LogP contribution in [0.3, 0.4) is 0 Å². The highest BCUT2D eigenvalue weighted by molar-refractivity contribution is 7.91. The molecule has 3 aromatic rings. The van der Waals surface area contributed by atoms with Crippen LogP contribution in [0.2, 0.25) is 0 Å². The fraction of sp³-hybridized carbons (Fsp3) is 0.231. The molecule has 0 bridgehead atoms. The third kappa shape index (κ3) is 5.35. The zero-order valence-corrected chi connectivity index (χ0v) is 19.9. The van der Waals surface area contributed by atoms with Gasteiger partial charge in [-0.2, -0.15) is 0 Å². The molecule has 2 unspecified atom stereocenters. The molecule has 0 aromatic heterocycles. The maximum atomic E-state index is 13.4. The second-order valence-electron chi connectivity index (χ2n) is 8.25. The second kappa shape index (κ2) is 10.3. The van der Waals surface area contributed by atoms with Crippen molar-refractivity contribution in [2.24, 2.45) is 5.92 Å². The molecule has 7 nitrogen and oxygen atoms in total. The number of nitrogens with one attached hydrogen (secondary N) is 1. The summed E-state index contributed by atoms with van der Waals surface area (Å²) in [4.78, 5) is 27.0. The third-order valence-electron chi connectivity index (χ3n) is 6.03. The summed E-state index contributed by atoms with van der Waals surface area (Å²) < 4.78 is 45.2. The molecule has 1 aliphatic heterocycles. The van der Waals surface area contributed by atoms with Crippen molar-refractivity contribution in [1.82, 2.24) is 5.32 Å². The number of sulfone groups is 1. The molecular weight excluding hydrogens is 471 g/mol. The predicted octanol–water partition coefficient (Wildman–Crippen LogP) is 3.52. The summed E-state index contributed by atoms with van der Waals surface area (Å²) in [6.07, 6.45) is 0.0264. The molecule has 4 rings (SSSR count). The quantitative estimate of drug-likeness (QED) is 0.482. The molecule has 182 valence electrons. The number of carbonyl (C=O) groups is 2. The molecule has 1 saturated heterocycles. The number of benzene rings is 3. The first-order chi connectivity index (χ1) is 16.8. The van der Waals surface area contributed by atoms with E-state index in [-0.39, 0.29) is 30.3 Å². The average Bonchev–Trinajstić information content (AvgIpc) is 3.26. The Morgan fingerprint density at radius 3 is 2.34 bits per heavy atom. The summed E-state index contributed by atoms with van der Waals surface area (Å²) in [5, 5.41) is 1.65. The highest BCUT2D eigenvalue weighted by atomic mass is 32.2. The molecule has 1 aliphatic rings. The predicted molar refractivity (Wildman–Crippen MR) is 129 cm³/mol. The smallest absolute Gasteiger partial charge is 0.227 e. The minimum absolute atomic E-state index is 0.0264. The van der Waals surface area contributed by atoms with Crippen molar-refractivity contribution in [2.45, 2.75) is 16.6 Å².